The van der Waals surface area contributed by atoms with Crippen molar-refractivity contribution >= 4 is 11.8 Å². The van der Waals surface area contributed by atoms with Gasteiger partial charge in [0.05, 0.1) is 12.3 Å². The number of nitriles is 1. The lowest BCUT2D eigenvalue weighted by Gasteiger charge is -2.32. The van der Waals surface area contributed by atoms with E-state index in [9.17, 15) is 9.18 Å². The van der Waals surface area contributed by atoms with E-state index in [1.54, 1.807) is 24.0 Å². The number of carbonyl (C=O) groups is 1. The van der Waals surface area contributed by atoms with Crippen molar-refractivity contribution in [2.45, 2.75) is 25.8 Å². The van der Waals surface area contributed by atoms with Gasteiger partial charge in [-0.05, 0) is 31.9 Å². The number of carbonyl (C=O) groups excluding carboxylic acids is 1. The van der Waals surface area contributed by atoms with Gasteiger partial charge in [0.25, 0.3) is 0 Å². The molecule has 1 fully saturated rings. The zero-order valence-corrected chi connectivity index (χ0v) is 11.9. The van der Waals surface area contributed by atoms with Gasteiger partial charge in [-0.1, -0.05) is 6.07 Å². The Morgan fingerprint density at radius 2 is 2.24 bits per heavy atom. The second-order valence-corrected chi connectivity index (χ2v) is 4.88. The zero-order chi connectivity index (χ0) is 15.2. The molecule has 0 bridgehead atoms. The lowest BCUT2D eigenvalue weighted by atomic mass is 10.0. The van der Waals surface area contributed by atoms with E-state index < -0.39 is 5.82 Å². The highest BCUT2D eigenvalue weighted by atomic mass is 19.1. The third kappa shape index (κ3) is 3.63. The van der Waals surface area contributed by atoms with E-state index in [-0.39, 0.29) is 17.7 Å². The van der Waals surface area contributed by atoms with Gasteiger partial charge < -0.3 is 15.0 Å². The minimum atomic E-state index is -0.522. The van der Waals surface area contributed by atoms with Gasteiger partial charge in [-0.15, -0.1) is 0 Å². The maximum atomic E-state index is 13.5. The van der Waals surface area contributed by atoms with Crippen LogP contribution in [0.3, 0.4) is 0 Å². The average molecular weight is 291 g/mol. The number of piperidine rings is 1. The number of likely N-dealkylation sites (tertiary alicyclic amines) is 1. The van der Waals surface area contributed by atoms with Gasteiger partial charge in [-0.3, -0.25) is 0 Å². The molecular formula is C15H18FN3O2. The van der Waals surface area contributed by atoms with Crippen molar-refractivity contribution in [2.24, 2.45) is 0 Å². The predicted molar refractivity (Wildman–Crippen MR) is 76.4 cm³/mol. The fourth-order valence-corrected chi connectivity index (χ4v) is 2.40. The molecule has 0 aromatic heterocycles. The van der Waals surface area contributed by atoms with Crippen LogP contribution in [0.1, 0.15) is 25.3 Å². The number of anilines is 1. The Morgan fingerprint density at radius 1 is 1.52 bits per heavy atom. The summed E-state index contributed by atoms with van der Waals surface area (Å²) < 4.78 is 18.5. The summed E-state index contributed by atoms with van der Waals surface area (Å²) in [5.74, 6) is -0.522. The van der Waals surface area contributed by atoms with Crippen molar-refractivity contribution in [1.29, 1.82) is 5.26 Å². The lowest BCUT2D eigenvalue weighted by molar-refractivity contribution is 0.0983. The Balaban J connectivity index is 1.94. The van der Waals surface area contributed by atoms with Crippen molar-refractivity contribution < 1.29 is 13.9 Å². The Hall–Kier alpha value is -2.29. The largest absolute Gasteiger partial charge is 0.450 e. The van der Waals surface area contributed by atoms with E-state index >= 15 is 0 Å². The first-order chi connectivity index (χ1) is 10.2. The summed E-state index contributed by atoms with van der Waals surface area (Å²) in [6.07, 6.45) is 1.18. The minimum absolute atomic E-state index is 0.0327. The van der Waals surface area contributed by atoms with Crippen molar-refractivity contribution in [3.8, 4) is 6.07 Å². The number of halogens is 1. The summed E-state index contributed by atoms with van der Waals surface area (Å²) in [4.78, 5) is 13.3. The van der Waals surface area contributed by atoms with Crippen molar-refractivity contribution in [2.75, 3.05) is 25.0 Å². The Bertz CT molecular complexity index is 548. The van der Waals surface area contributed by atoms with Gasteiger partial charge in [0, 0.05) is 19.1 Å². The van der Waals surface area contributed by atoms with Crippen LogP contribution in [0.15, 0.2) is 18.2 Å². The lowest BCUT2D eigenvalue weighted by Crippen LogP contribution is -2.42. The van der Waals surface area contributed by atoms with Gasteiger partial charge >= 0.3 is 6.09 Å². The number of ether oxygens (including phenoxy) is 1. The molecule has 1 aliphatic rings. The molecule has 5 nitrogen and oxygen atoms in total. The summed E-state index contributed by atoms with van der Waals surface area (Å²) in [5, 5.41) is 12.2. The molecule has 2 rings (SSSR count). The minimum Gasteiger partial charge on any atom is -0.450 e. The molecule has 0 atom stereocenters. The molecule has 0 unspecified atom stereocenters. The van der Waals surface area contributed by atoms with Crippen LogP contribution >= 0.6 is 0 Å². The summed E-state index contributed by atoms with van der Waals surface area (Å²) in [6, 6.07) is 6.53. The van der Waals surface area contributed by atoms with Crippen LogP contribution in [0.2, 0.25) is 0 Å². The first kappa shape index (κ1) is 15.1. The van der Waals surface area contributed by atoms with E-state index in [4.69, 9.17) is 10.00 Å². The number of nitrogens with one attached hydrogen (secondary N) is 1. The van der Waals surface area contributed by atoms with Crippen LogP contribution in [0.4, 0.5) is 14.9 Å². The topological polar surface area (TPSA) is 65.4 Å². The number of hydrogen-bond acceptors (Lipinski definition) is 4. The van der Waals surface area contributed by atoms with Crippen LogP contribution in [-0.4, -0.2) is 36.7 Å². The second kappa shape index (κ2) is 6.93. The Morgan fingerprint density at radius 3 is 2.86 bits per heavy atom. The van der Waals surface area contributed by atoms with E-state index in [2.05, 4.69) is 5.32 Å². The average Bonchev–Trinajstić information content (AvgIpc) is 2.48. The van der Waals surface area contributed by atoms with Crippen LogP contribution in [0, 0.1) is 17.1 Å². The Kier molecular flexibility index (Phi) is 4.99. The summed E-state index contributed by atoms with van der Waals surface area (Å²) in [5.41, 5.74) is 0.539. The molecule has 1 heterocycles. The normalized spacial score (nSPS) is 15.4. The number of hydrogen-bond donors (Lipinski definition) is 1. The molecule has 1 aliphatic heterocycles. The molecule has 0 radical (unpaired) electrons. The van der Waals surface area contributed by atoms with Gasteiger partial charge in [0.2, 0.25) is 0 Å². The molecule has 0 spiro atoms. The highest BCUT2D eigenvalue weighted by Crippen LogP contribution is 2.22. The van der Waals surface area contributed by atoms with Crippen molar-refractivity contribution in [1.82, 2.24) is 4.90 Å². The molecule has 1 aromatic rings. The third-order valence-electron chi connectivity index (χ3n) is 3.51. The molecule has 6 heteroatoms. The molecule has 0 aliphatic carbocycles. The monoisotopic (exact) mass is 291 g/mol. The standard InChI is InChI=1S/C15H18FN3O2/c1-2-21-15(20)19-8-6-11(7-9-19)18-14-5-3-4-13(16)12(14)10-17/h3-5,11,18H,2,6-9H2,1H3. The molecule has 1 amide bonds. The van der Waals surface area contributed by atoms with Crippen LogP contribution in [-0.2, 0) is 4.74 Å². The number of nitrogens with zero attached hydrogens (tertiary/aromatic N) is 2. The van der Waals surface area contributed by atoms with E-state index in [0.717, 1.165) is 12.8 Å². The highest BCUT2D eigenvalue weighted by Gasteiger charge is 2.24. The summed E-state index contributed by atoms with van der Waals surface area (Å²) in [6.45, 7) is 3.33. The first-order valence-electron chi connectivity index (χ1n) is 7.02. The summed E-state index contributed by atoms with van der Waals surface area (Å²) in [7, 11) is 0. The van der Waals surface area contributed by atoms with E-state index in [1.165, 1.54) is 6.07 Å². The van der Waals surface area contributed by atoms with Crippen LogP contribution in [0.25, 0.3) is 0 Å². The van der Waals surface area contributed by atoms with Crippen LogP contribution in [0.5, 0.6) is 0 Å². The quantitative estimate of drug-likeness (QED) is 0.930. The molecule has 1 saturated heterocycles. The van der Waals surface area contributed by atoms with Gasteiger partial charge in [-0.25, -0.2) is 9.18 Å². The maximum Gasteiger partial charge on any atom is 0.409 e. The number of benzene rings is 1. The van der Waals surface area contributed by atoms with Crippen molar-refractivity contribution in [3.05, 3.63) is 29.6 Å². The highest BCUT2D eigenvalue weighted by molar-refractivity contribution is 5.67. The number of amides is 1. The molecule has 0 saturated carbocycles. The van der Waals surface area contributed by atoms with Crippen molar-refractivity contribution in [3.63, 3.8) is 0 Å². The molecule has 21 heavy (non-hydrogen) atoms. The number of rotatable bonds is 3. The molecule has 1 aromatic carbocycles. The SMILES string of the molecule is CCOC(=O)N1CCC(Nc2cccc(F)c2C#N)CC1. The predicted octanol–water partition coefficient (Wildman–Crippen LogP) is 2.73. The smallest absolute Gasteiger partial charge is 0.409 e. The zero-order valence-electron chi connectivity index (χ0n) is 11.9. The third-order valence-corrected chi connectivity index (χ3v) is 3.51. The summed E-state index contributed by atoms with van der Waals surface area (Å²) >= 11 is 0. The van der Waals surface area contributed by atoms with E-state index in [1.807, 2.05) is 6.07 Å². The fraction of sp³-hybridized carbons (Fsp3) is 0.467. The van der Waals surface area contributed by atoms with Gasteiger partial charge in [0.1, 0.15) is 17.4 Å². The fourth-order valence-electron chi connectivity index (χ4n) is 2.40. The molecular weight excluding hydrogens is 273 g/mol. The van der Waals surface area contributed by atoms with Crippen LogP contribution < -0.4 is 5.32 Å². The van der Waals surface area contributed by atoms with Gasteiger partial charge in [-0.2, -0.15) is 5.26 Å². The van der Waals surface area contributed by atoms with E-state index in [0.29, 0.717) is 25.4 Å². The Labute approximate surface area is 123 Å². The maximum absolute atomic E-state index is 13.5. The van der Waals surface area contributed by atoms with Gasteiger partial charge in [0.15, 0.2) is 0 Å². The second-order valence-electron chi connectivity index (χ2n) is 4.88. The molecule has 1 N–H and O–H groups in total. The molecule has 112 valence electrons. The first-order valence-corrected chi connectivity index (χ1v) is 7.02.